The van der Waals surface area contributed by atoms with Crippen LogP contribution in [0.4, 0.5) is 0 Å². The molecular formula is C9H12BN3O. The van der Waals surface area contributed by atoms with E-state index in [0.717, 1.165) is 0 Å². The summed E-state index contributed by atoms with van der Waals surface area (Å²) in [7, 11) is 5.77. The van der Waals surface area contributed by atoms with Crippen LogP contribution in [0.5, 0.6) is 0 Å². The molecule has 0 heterocycles. The first-order chi connectivity index (χ1) is 6.68. The maximum atomic E-state index is 9.32. The van der Waals surface area contributed by atoms with Crippen LogP contribution in [0.15, 0.2) is 23.5 Å². The Kier molecular flexibility index (Phi) is 3.42. The Bertz CT molecular complexity index is 307. The average molecular weight is 189 g/mol. The van der Waals surface area contributed by atoms with Crippen molar-refractivity contribution in [3.8, 4) is 0 Å². The minimum absolute atomic E-state index is 0.0396. The third kappa shape index (κ3) is 1.85. The fraction of sp³-hybridized carbons (Fsp3) is 0.667. The quantitative estimate of drug-likeness (QED) is 0.237. The topological polar surface area (TPSA) is 69.0 Å². The molecule has 5 heteroatoms. The summed E-state index contributed by atoms with van der Waals surface area (Å²) >= 11 is 0. The fourth-order valence-electron chi connectivity index (χ4n) is 2.03. The third-order valence-corrected chi connectivity index (χ3v) is 2.71. The SMILES string of the molecule is [B][C@H]1C[C@@H](N=[N+]=[N-])[C@@](C=C=C)(CO)C1. The third-order valence-electron chi connectivity index (χ3n) is 2.71. The summed E-state index contributed by atoms with van der Waals surface area (Å²) in [5, 5.41) is 13.0. The Morgan fingerprint density at radius 3 is 3.07 bits per heavy atom. The number of hydrogen-bond donors (Lipinski definition) is 1. The zero-order valence-electron chi connectivity index (χ0n) is 7.93. The molecule has 1 N–H and O–H groups in total. The van der Waals surface area contributed by atoms with Crippen molar-refractivity contribution >= 4 is 7.85 Å². The summed E-state index contributed by atoms with van der Waals surface area (Å²) in [4.78, 5) is 2.77. The van der Waals surface area contributed by atoms with Gasteiger partial charge in [-0.2, -0.15) is 0 Å². The Labute approximate surface area is 84.4 Å². The Balaban J connectivity index is 3.02. The zero-order chi connectivity index (χ0) is 10.6. The van der Waals surface area contributed by atoms with Gasteiger partial charge < -0.3 is 5.11 Å². The first kappa shape index (κ1) is 10.9. The first-order valence-corrected chi connectivity index (χ1v) is 4.46. The minimum Gasteiger partial charge on any atom is -0.395 e. The van der Waals surface area contributed by atoms with Crippen LogP contribution in [0.1, 0.15) is 12.8 Å². The van der Waals surface area contributed by atoms with Crippen LogP contribution in [0.25, 0.3) is 10.4 Å². The van der Waals surface area contributed by atoms with Crippen LogP contribution in [-0.2, 0) is 0 Å². The minimum atomic E-state index is -0.562. The van der Waals surface area contributed by atoms with E-state index < -0.39 is 5.41 Å². The second kappa shape index (κ2) is 4.38. The predicted molar refractivity (Wildman–Crippen MR) is 54.9 cm³/mol. The molecule has 1 aliphatic carbocycles. The molecule has 3 atom stereocenters. The lowest BCUT2D eigenvalue weighted by molar-refractivity contribution is 0.159. The van der Waals surface area contributed by atoms with Gasteiger partial charge in [-0.05, 0) is 24.4 Å². The highest BCUT2D eigenvalue weighted by molar-refractivity contribution is 6.11. The van der Waals surface area contributed by atoms with Crippen molar-refractivity contribution in [1.29, 1.82) is 0 Å². The summed E-state index contributed by atoms with van der Waals surface area (Å²) in [6.45, 7) is 3.38. The Hall–Kier alpha value is -1.15. The van der Waals surface area contributed by atoms with Crippen molar-refractivity contribution < 1.29 is 5.11 Å². The highest BCUT2D eigenvalue weighted by Crippen LogP contribution is 2.46. The molecule has 1 fully saturated rings. The van der Waals surface area contributed by atoms with Crippen molar-refractivity contribution in [2.24, 2.45) is 10.5 Å². The van der Waals surface area contributed by atoms with Crippen LogP contribution in [0.2, 0.25) is 5.82 Å². The number of aliphatic hydroxyl groups excluding tert-OH is 1. The Morgan fingerprint density at radius 2 is 2.57 bits per heavy atom. The molecule has 0 spiro atoms. The van der Waals surface area contributed by atoms with E-state index in [0.29, 0.717) is 12.8 Å². The lowest BCUT2D eigenvalue weighted by atomic mass is 9.79. The molecule has 1 rings (SSSR count). The molecule has 0 bridgehead atoms. The molecule has 72 valence electrons. The van der Waals surface area contributed by atoms with Crippen LogP contribution in [0.3, 0.4) is 0 Å². The predicted octanol–water partition coefficient (Wildman–Crippen LogP) is 1.74. The molecule has 0 unspecified atom stereocenters. The van der Waals surface area contributed by atoms with Gasteiger partial charge in [0, 0.05) is 16.4 Å². The number of hydrogen-bond acceptors (Lipinski definition) is 2. The van der Waals surface area contributed by atoms with Crippen LogP contribution in [-0.4, -0.2) is 25.6 Å². The van der Waals surface area contributed by atoms with E-state index >= 15 is 0 Å². The fourth-order valence-corrected chi connectivity index (χ4v) is 2.03. The van der Waals surface area contributed by atoms with Gasteiger partial charge in [-0.1, -0.05) is 17.5 Å². The number of nitrogens with zero attached hydrogens (tertiary/aromatic N) is 3. The van der Waals surface area contributed by atoms with Gasteiger partial charge >= 0.3 is 0 Å². The number of azide groups is 1. The molecule has 0 aromatic carbocycles. The van der Waals surface area contributed by atoms with Crippen molar-refractivity contribution in [2.75, 3.05) is 6.61 Å². The van der Waals surface area contributed by atoms with Gasteiger partial charge in [0.15, 0.2) is 0 Å². The van der Waals surface area contributed by atoms with Gasteiger partial charge in [-0.25, -0.2) is 0 Å². The van der Waals surface area contributed by atoms with E-state index in [4.69, 9.17) is 13.4 Å². The van der Waals surface area contributed by atoms with Crippen molar-refractivity contribution in [1.82, 2.24) is 0 Å². The molecule has 0 amide bonds. The second-order valence-corrected chi connectivity index (χ2v) is 3.66. The molecule has 0 aliphatic heterocycles. The van der Waals surface area contributed by atoms with Gasteiger partial charge in [0.25, 0.3) is 0 Å². The lowest BCUT2D eigenvalue weighted by Gasteiger charge is -2.26. The van der Waals surface area contributed by atoms with Crippen molar-refractivity contribution in [3.63, 3.8) is 0 Å². The summed E-state index contributed by atoms with van der Waals surface area (Å²) in [6.07, 6.45) is 2.87. The van der Waals surface area contributed by atoms with E-state index in [9.17, 15) is 5.11 Å². The average Bonchev–Trinajstić information content (AvgIpc) is 2.45. The van der Waals surface area contributed by atoms with Gasteiger partial charge in [-0.3, -0.25) is 0 Å². The second-order valence-electron chi connectivity index (χ2n) is 3.66. The highest BCUT2D eigenvalue weighted by Gasteiger charge is 2.43. The molecule has 0 aromatic rings. The normalized spacial score (nSPS) is 35.8. The van der Waals surface area contributed by atoms with Gasteiger partial charge in [0.05, 0.1) is 14.5 Å². The molecule has 2 radical (unpaired) electrons. The molecule has 0 saturated heterocycles. The summed E-state index contributed by atoms with van der Waals surface area (Å²) in [6, 6.07) is -0.290. The zero-order valence-corrected chi connectivity index (χ0v) is 7.93. The monoisotopic (exact) mass is 189 g/mol. The smallest absolute Gasteiger partial charge is 0.0700 e. The van der Waals surface area contributed by atoms with Gasteiger partial charge in [-0.15, -0.1) is 5.73 Å². The van der Waals surface area contributed by atoms with E-state index in [1.807, 2.05) is 0 Å². The summed E-state index contributed by atoms with van der Waals surface area (Å²) < 4.78 is 0. The molecular weight excluding hydrogens is 177 g/mol. The first-order valence-electron chi connectivity index (χ1n) is 4.46. The van der Waals surface area contributed by atoms with Crippen LogP contribution < -0.4 is 0 Å². The lowest BCUT2D eigenvalue weighted by Crippen LogP contribution is -2.30. The highest BCUT2D eigenvalue weighted by atomic mass is 16.3. The van der Waals surface area contributed by atoms with E-state index in [1.54, 1.807) is 6.08 Å². The van der Waals surface area contributed by atoms with Gasteiger partial charge in [0.2, 0.25) is 0 Å². The molecule has 1 saturated carbocycles. The van der Waals surface area contributed by atoms with Gasteiger partial charge in [0.1, 0.15) is 0 Å². The standard InChI is InChI=1S/C9H12BN3O/c1-2-3-9(6-14)5-7(10)4-8(9)12-13-11/h3,7-8,14H,1,4-6H2/t7-,8+,9+/m0/s1. The Morgan fingerprint density at radius 1 is 1.86 bits per heavy atom. The molecule has 14 heavy (non-hydrogen) atoms. The molecule has 4 nitrogen and oxygen atoms in total. The van der Waals surface area contributed by atoms with Crippen molar-refractivity contribution in [2.45, 2.75) is 24.7 Å². The summed E-state index contributed by atoms with van der Waals surface area (Å²) in [5.74, 6) is -0.0396. The summed E-state index contributed by atoms with van der Waals surface area (Å²) in [5.41, 5.74) is 10.5. The van der Waals surface area contributed by atoms with E-state index in [2.05, 4.69) is 22.3 Å². The van der Waals surface area contributed by atoms with Crippen LogP contribution in [0, 0.1) is 5.41 Å². The van der Waals surface area contributed by atoms with E-state index in [1.165, 1.54) is 0 Å². The maximum absolute atomic E-state index is 9.32. The van der Waals surface area contributed by atoms with Crippen LogP contribution >= 0.6 is 0 Å². The molecule has 1 aliphatic rings. The largest absolute Gasteiger partial charge is 0.395 e. The number of rotatable bonds is 3. The maximum Gasteiger partial charge on any atom is 0.0700 e. The number of aliphatic hydroxyl groups is 1. The van der Waals surface area contributed by atoms with E-state index in [-0.39, 0.29) is 18.5 Å². The van der Waals surface area contributed by atoms with Crippen molar-refractivity contribution in [3.05, 3.63) is 28.8 Å². The molecule has 0 aromatic heterocycles.